The SMILES string of the molecule is CCNC(=O)C1=CC2C(=O)N3C=CC=C(C)C3=NC2N(CCc2ccccc2)C1=N. The van der Waals surface area contributed by atoms with E-state index in [1.807, 2.05) is 56.3 Å². The van der Waals surface area contributed by atoms with E-state index in [-0.39, 0.29) is 23.2 Å². The number of amidine groups is 2. The van der Waals surface area contributed by atoms with Gasteiger partial charge in [0.25, 0.3) is 5.91 Å². The second-order valence-corrected chi connectivity index (χ2v) is 7.51. The van der Waals surface area contributed by atoms with Gasteiger partial charge in [0.2, 0.25) is 5.91 Å². The third-order valence-corrected chi connectivity index (χ3v) is 5.53. The van der Waals surface area contributed by atoms with E-state index in [1.165, 1.54) is 0 Å². The van der Waals surface area contributed by atoms with Crippen LogP contribution in [0.3, 0.4) is 0 Å². The molecule has 3 heterocycles. The molecule has 2 atom stereocenters. The van der Waals surface area contributed by atoms with Gasteiger partial charge in [-0.3, -0.25) is 19.9 Å². The molecule has 0 spiro atoms. The van der Waals surface area contributed by atoms with Crippen molar-refractivity contribution in [2.75, 3.05) is 13.1 Å². The van der Waals surface area contributed by atoms with E-state index < -0.39 is 12.1 Å². The van der Waals surface area contributed by atoms with Gasteiger partial charge in [0, 0.05) is 19.3 Å². The summed E-state index contributed by atoms with van der Waals surface area (Å²) in [6, 6.07) is 9.98. The number of carbonyl (C=O) groups excluding carboxylic acids is 2. The summed E-state index contributed by atoms with van der Waals surface area (Å²) in [4.78, 5) is 34.1. The first kappa shape index (κ1) is 19.8. The standard InChI is InChI=1S/C23H25N5O2/c1-3-25-22(29)17-14-18-21(26-20-15(2)8-7-12-28(20)23(18)30)27(19(17)24)13-11-16-9-5-4-6-10-16/h4-10,12,14,18,21,24H,3,11,13H2,1-2H3,(H,25,29). The minimum atomic E-state index is -0.619. The Kier molecular flexibility index (Phi) is 5.35. The Labute approximate surface area is 176 Å². The minimum absolute atomic E-state index is 0.108. The lowest BCUT2D eigenvalue weighted by Crippen LogP contribution is -2.58. The van der Waals surface area contributed by atoms with Crippen molar-refractivity contribution in [2.45, 2.75) is 26.4 Å². The highest BCUT2D eigenvalue weighted by molar-refractivity contribution is 6.21. The average Bonchev–Trinajstić information content (AvgIpc) is 2.75. The number of nitrogens with zero attached hydrogens (tertiary/aromatic N) is 3. The lowest BCUT2D eigenvalue weighted by molar-refractivity contribution is -0.130. The molecule has 2 N–H and O–H groups in total. The molecule has 0 saturated heterocycles. The molecule has 2 unspecified atom stereocenters. The number of likely N-dealkylation sites (N-methyl/N-ethyl adjacent to an activating group) is 1. The molecule has 0 fully saturated rings. The predicted octanol–water partition coefficient (Wildman–Crippen LogP) is 2.24. The van der Waals surface area contributed by atoms with Crippen LogP contribution in [0.5, 0.6) is 0 Å². The highest BCUT2D eigenvalue weighted by Gasteiger charge is 2.45. The van der Waals surface area contributed by atoms with E-state index in [9.17, 15) is 9.59 Å². The van der Waals surface area contributed by atoms with Gasteiger partial charge >= 0.3 is 0 Å². The lowest BCUT2D eigenvalue weighted by atomic mass is 9.90. The first-order valence-corrected chi connectivity index (χ1v) is 10.2. The number of hydrogen-bond acceptors (Lipinski definition) is 4. The summed E-state index contributed by atoms with van der Waals surface area (Å²) in [5.41, 5.74) is 2.26. The number of hydrogen-bond donors (Lipinski definition) is 2. The molecular weight excluding hydrogens is 378 g/mol. The monoisotopic (exact) mass is 403 g/mol. The van der Waals surface area contributed by atoms with Crippen LogP contribution in [0.2, 0.25) is 0 Å². The van der Waals surface area contributed by atoms with Gasteiger partial charge in [-0.05, 0) is 37.5 Å². The van der Waals surface area contributed by atoms with Gasteiger partial charge in [-0.2, -0.15) is 0 Å². The van der Waals surface area contributed by atoms with Crippen molar-refractivity contribution in [1.29, 1.82) is 5.41 Å². The van der Waals surface area contributed by atoms with Gasteiger partial charge in [-0.25, -0.2) is 4.99 Å². The molecule has 3 aliphatic rings. The van der Waals surface area contributed by atoms with Gasteiger partial charge in [0.05, 0.1) is 11.5 Å². The topological polar surface area (TPSA) is 88.9 Å². The second-order valence-electron chi connectivity index (χ2n) is 7.51. The molecule has 154 valence electrons. The molecule has 3 aliphatic heterocycles. The summed E-state index contributed by atoms with van der Waals surface area (Å²) >= 11 is 0. The molecule has 0 bridgehead atoms. The largest absolute Gasteiger partial charge is 0.352 e. The first-order valence-electron chi connectivity index (χ1n) is 10.2. The maximum Gasteiger partial charge on any atom is 0.254 e. The van der Waals surface area contributed by atoms with Gasteiger partial charge < -0.3 is 10.2 Å². The zero-order valence-electron chi connectivity index (χ0n) is 17.1. The zero-order valence-corrected chi connectivity index (χ0v) is 17.1. The van der Waals surface area contributed by atoms with E-state index in [4.69, 9.17) is 10.4 Å². The summed E-state index contributed by atoms with van der Waals surface area (Å²) in [7, 11) is 0. The highest BCUT2D eigenvalue weighted by atomic mass is 16.2. The number of amides is 2. The molecule has 0 saturated carbocycles. The zero-order chi connectivity index (χ0) is 21.3. The summed E-state index contributed by atoms with van der Waals surface area (Å²) in [6.45, 7) is 4.69. The third-order valence-electron chi connectivity index (χ3n) is 5.53. The van der Waals surface area contributed by atoms with Crippen LogP contribution in [0.1, 0.15) is 19.4 Å². The third kappa shape index (κ3) is 3.47. The predicted molar refractivity (Wildman–Crippen MR) is 116 cm³/mol. The quantitative estimate of drug-likeness (QED) is 0.790. The molecule has 7 nitrogen and oxygen atoms in total. The average molecular weight is 403 g/mol. The second kappa shape index (κ2) is 8.10. The van der Waals surface area contributed by atoms with E-state index in [0.717, 1.165) is 11.1 Å². The van der Waals surface area contributed by atoms with Crippen LogP contribution in [0, 0.1) is 11.3 Å². The minimum Gasteiger partial charge on any atom is -0.352 e. The Balaban J connectivity index is 1.72. The Morgan fingerprint density at radius 2 is 2.03 bits per heavy atom. The Hall–Kier alpha value is -3.48. The van der Waals surface area contributed by atoms with Crippen molar-refractivity contribution >= 4 is 23.5 Å². The highest BCUT2D eigenvalue weighted by Crippen LogP contribution is 2.32. The maximum atomic E-state index is 13.3. The molecule has 4 rings (SSSR count). The van der Waals surface area contributed by atoms with Crippen LogP contribution >= 0.6 is 0 Å². The van der Waals surface area contributed by atoms with Gasteiger partial charge in [-0.15, -0.1) is 0 Å². The fourth-order valence-electron chi connectivity index (χ4n) is 3.99. The molecular formula is C23H25N5O2. The van der Waals surface area contributed by atoms with Crippen LogP contribution in [-0.4, -0.2) is 52.5 Å². The van der Waals surface area contributed by atoms with E-state index >= 15 is 0 Å². The summed E-state index contributed by atoms with van der Waals surface area (Å²) in [5, 5.41) is 11.5. The van der Waals surface area contributed by atoms with Crippen LogP contribution in [-0.2, 0) is 16.0 Å². The summed E-state index contributed by atoms with van der Waals surface area (Å²) in [6.07, 6.45) is 7.21. The maximum absolute atomic E-state index is 13.3. The van der Waals surface area contributed by atoms with Crippen LogP contribution < -0.4 is 5.32 Å². The Morgan fingerprint density at radius 3 is 2.77 bits per heavy atom. The number of benzene rings is 1. The van der Waals surface area contributed by atoms with Crippen molar-refractivity contribution < 1.29 is 9.59 Å². The molecule has 0 radical (unpaired) electrons. The normalized spacial score (nSPS) is 22.7. The van der Waals surface area contributed by atoms with Crippen molar-refractivity contribution in [1.82, 2.24) is 15.1 Å². The molecule has 0 aliphatic carbocycles. The van der Waals surface area contributed by atoms with E-state index in [0.29, 0.717) is 25.3 Å². The fourth-order valence-corrected chi connectivity index (χ4v) is 3.99. The number of nitrogens with one attached hydrogen (secondary N) is 2. The van der Waals surface area contributed by atoms with Gasteiger partial charge in [-0.1, -0.05) is 42.5 Å². The summed E-state index contributed by atoms with van der Waals surface area (Å²) < 4.78 is 0. The fraction of sp³-hybridized carbons (Fsp3) is 0.304. The molecule has 0 aromatic heterocycles. The lowest BCUT2D eigenvalue weighted by Gasteiger charge is -2.44. The van der Waals surface area contributed by atoms with Gasteiger partial charge in [0.15, 0.2) is 0 Å². The number of carbonyl (C=O) groups is 2. The van der Waals surface area contributed by atoms with Crippen LogP contribution in [0.15, 0.2) is 70.9 Å². The van der Waals surface area contributed by atoms with E-state index in [2.05, 4.69) is 5.32 Å². The van der Waals surface area contributed by atoms with Crippen molar-refractivity contribution in [3.63, 3.8) is 0 Å². The van der Waals surface area contributed by atoms with Crippen LogP contribution in [0.25, 0.3) is 0 Å². The molecule has 2 amide bonds. The molecule has 1 aromatic carbocycles. The molecule has 1 aromatic rings. The number of aliphatic imine (C=N–C) groups is 1. The summed E-state index contributed by atoms with van der Waals surface area (Å²) in [5.74, 6) is -0.370. The first-order chi connectivity index (χ1) is 14.5. The van der Waals surface area contributed by atoms with E-state index in [1.54, 1.807) is 22.1 Å². The van der Waals surface area contributed by atoms with Crippen molar-refractivity contribution in [3.05, 3.63) is 71.5 Å². The molecule has 30 heavy (non-hydrogen) atoms. The van der Waals surface area contributed by atoms with Gasteiger partial charge in [0.1, 0.15) is 17.8 Å². The smallest absolute Gasteiger partial charge is 0.254 e. The molecule has 7 heteroatoms. The Bertz CT molecular complexity index is 1010. The van der Waals surface area contributed by atoms with Crippen LogP contribution in [0.4, 0.5) is 0 Å². The number of rotatable bonds is 5. The number of fused-ring (bicyclic) bond motifs is 2. The van der Waals surface area contributed by atoms with Crippen molar-refractivity contribution in [2.24, 2.45) is 10.9 Å². The number of allylic oxidation sites excluding steroid dienone is 2. The Morgan fingerprint density at radius 1 is 1.27 bits per heavy atom. The van der Waals surface area contributed by atoms with Crippen molar-refractivity contribution in [3.8, 4) is 0 Å².